The van der Waals surface area contributed by atoms with Crippen LogP contribution in [0.3, 0.4) is 0 Å². The lowest BCUT2D eigenvalue weighted by molar-refractivity contribution is 0.0343. The molecule has 19 heavy (non-hydrogen) atoms. The molecule has 2 rings (SSSR count). The zero-order valence-electron chi connectivity index (χ0n) is 10.7. The number of hydrogen-bond donors (Lipinski definition) is 2. The molecular formula is C13H18N2O4. The second-order valence-corrected chi connectivity index (χ2v) is 4.42. The molecule has 1 aliphatic heterocycles. The number of piperidine rings is 1. The van der Waals surface area contributed by atoms with Crippen LogP contribution in [0.15, 0.2) is 27.6 Å². The Morgan fingerprint density at radius 2 is 2.21 bits per heavy atom. The molecule has 1 saturated heterocycles. The van der Waals surface area contributed by atoms with Crippen LogP contribution < -0.4 is 16.3 Å². The Bertz CT molecular complexity index is 445. The molecule has 0 atom stereocenters. The van der Waals surface area contributed by atoms with Gasteiger partial charge in [-0.05, 0) is 32.0 Å². The van der Waals surface area contributed by atoms with Crippen molar-refractivity contribution in [1.82, 2.24) is 10.6 Å². The molecule has 6 heteroatoms. The highest BCUT2D eigenvalue weighted by atomic mass is 16.5. The normalized spacial score (nSPS) is 16.2. The van der Waals surface area contributed by atoms with Crippen LogP contribution in [0.2, 0.25) is 0 Å². The summed E-state index contributed by atoms with van der Waals surface area (Å²) >= 11 is 0. The van der Waals surface area contributed by atoms with Crippen molar-refractivity contribution in [2.45, 2.75) is 18.9 Å². The van der Waals surface area contributed by atoms with Crippen LogP contribution in [-0.2, 0) is 4.74 Å². The van der Waals surface area contributed by atoms with Crippen LogP contribution in [0, 0.1) is 0 Å². The molecule has 1 fully saturated rings. The van der Waals surface area contributed by atoms with Crippen LogP contribution in [0.4, 0.5) is 0 Å². The van der Waals surface area contributed by atoms with Gasteiger partial charge in [-0.15, -0.1) is 0 Å². The maximum absolute atomic E-state index is 11.7. The number of rotatable bonds is 5. The monoisotopic (exact) mass is 266 g/mol. The summed E-state index contributed by atoms with van der Waals surface area (Å²) < 4.78 is 10.3. The summed E-state index contributed by atoms with van der Waals surface area (Å²) in [5, 5.41) is 5.98. The zero-order valence-corrected chi connectivity index (χ0v) is 10.7. The van der Waals surface area contributed by atoms with Crippen LogP contribution in [-0.4, -0.2) is 38.3 Å². The number of ether oxygens (including phenoxy) is 1. The molecule has 0 unspecified atom stereocenters. The van der Waals surface area contributed by atoms with Crippen LogP contribution in [0.25, 0.3) is 0 Å². The van der Waals surface area contributed by atoms with Gasteiger partial charge in [-0.1, -0.05) is 0 Å². The smallest absolute Gasteiger partial charge is 0.335 e. The fourth-order valence-electron chi connectivity index (χ4n) is 1.94. The fraction of sp³-hybridized carbons (Fsp3) is 0.538. The lowest BCUT2D eigenvalue weighted by atomic mass is 10.1. The minimum atomic E-state index is -0.467. The average Bonchev–Trinajstić information content (AvgIpc) is 2.45. The number of carbonyl (C=O) groups is 1. The van der Waals surface area contributed by atoms with Crippen molar-refractivity contribution in [2.24, 2.45) is 0 Å². The quantitative estimate of drug-likeness (QED) is 0.741. The van der Waals surface area contributed by atoms with Crippen molar-refractivity contribution in [2.75, 3.05) is 26.2 Å². The third kappa shape index (κ3) is 4.50. The second kappa shape index (κ2) is 7.06. The summed E-state index contributed by atoms with van der Waals surface area (Å²) in [6.45, 7) is 2.91. The van der Waals surface area contributed by atoms with Gasteiger partial charge in [0.15, 0.2) is 0 Å². The van der Waals surface area contributed by atoms with E-state index in [1.54, 1.807) is 0 Å². The third-order valence-electron chi connectivity index (χ3n) is 2.99. The molecule has 6 nitrogen and oxygen atoms in total. The van der Waals surface area contributed by atoms with Gasteiger partial charge in [-0.3, -0.25) is 4.79 Å². The van der Waals surface area contributed by atoms with E-state index < -0.39 is 5.63 Å². The molecule has 1 aliphatic rings. The van der Waals surface area contributed by atoms with Crippen molar-refractivity contribution in [3.8, 4) is 0 Å². The van der Waals surface area contributed by atoms with Gasteiger partial charge in [-0.2, -0.15) is 0 Å². The van der Waals surface area contributed by atoms with Crippen LogP contribution in [0.5, 0.6) is 0 Å². The molecule has 0 radical (unpaired) electrons. The highest BCUT2D eigenvalue weighted by Crippen LogP contribution is 2.06. The fourth-order valence-corrected chi connectivity index (χ4v) is 1.94. The molecule has 1 amide bonds. The Hall–Kier alpha value is -1.66. The molecule has 0 spiro atoms. The predicted molar refractivity (Wildman–Crippen MR) is 69.2 cm³/mol. The van der Waals surface area contributed by atoms with Crippen molar-refractivity contribution in [3.63, 3.8) is 0 Å². The summed E-state index contributed by atoms with van der Waals surface area (Å²) in [6.07, 6.45) is 3.47. The van der Waals surface area contributed by atoms with Gasteiger partial charge in [0.2, 0.25) is 0 Å². The zero-order chi connectivity index (χ0) is 13.5. The van der Waals surface area contributed by atoms with E-state index >= 15 is 0 Å². The second-order valence-electron chi connectivity index (χ2n) is 4.42. The van der Waals surface area contributed by atoms with E-state index in [0.717, 1.165) is 32.2 Å². The van der Waals surface area contributed by atoms with E-state index in [1.807, 2.05) is 0 Å². The predicted octanol–water partition coefficient (Wildman–Crippen LogP) is 0.138. The first kappa shape index (κ1) is 13.8. The van der Waals surface area contributed by atoms with E-state index in [0.29, 0.717) is 18.7 Å². The average molecular weight is 266 g/mol. The summed E-state index contributed by atoms with van der Waals surface area (Å²) in [4.78, 5) is 22.4. The number of nitrogens with one attached hydrogen (secondary N) is 2. The Labute approximate surface area is 111 Å². The molecule has 1 aromatic rings. The van der Waals surface area contributed by atoms with Gasteiger partial charge in [0.25, 0.3) is 5.91 Å². The summed E-state index contributed by atoms with van der Waals surface area (Å²) in [6, 6.07) is 2.66. The number of amides is 1. The van der Waals surface area contributed by atoms with Gasteiger partial charge in [0, 0.05) is 12.6 Å². The molecule has 0 aromatic carbocycles. The molecular weight excluding hydrogens is 248 g/mol. The van der Waals surface area contributed by atoms with Crippen LogP contribution >= 0.6 is 0 Å². The third-order valence-corrected chi connectivity index (χ3v) is 2.99. The van der Waals surface area contributed by atoms with E-state index in [2.05, 4.69) is 15.1 Å². The standard InChI is InChI=1S/C13H18N2O4/c16-12-2-1-10(9-19-12)13(17)15-7-8-18-11-3-5-14-6-4-11/h1-2,9,11,14H,3-8H2,(H,15,17). The topological polar surface area (TPSA) is 80.6 Å². The summed E-state index contributed by atoms with van der Waals surface area (Å²) in [5.74, 6) is -0.266. The number of hydrogen-bond acceptors (Lipinski definition) is 5. The molecule has 0 aliphatic carbocycles. The van der Waals surface area contributed by atoms with E-state index in [9.17, 15) is 9.59 Å². The highest BCUT2D eigenvalue weighted by Gasteiger charge is 2.13. The first-order valence-corrected chi connectivity index (χ1v) is 6.45. The lowest BCUT2D eigenvalue weighted by Crippen LogP contribution is -2.34. The van der Waals surface area contributed by atoms with Crippen molar-refractivity contribution in [3.05, 3.63) is 34.4 Å². The lowest BCUT2D eigenvalue weighted by Gasteiger charge is -2.22. The van der Waals surface area contributed by atoms with Gasteiger partial charge in [-0.25, -0.2) is 4.79 Å². The SMILES string of the molecule is O=C(NCCOC1CCNCC1)c1ccc(=O)oc1. The summed E-state index contributed by atoms with van der Waals surface area (Å²) in [7, 11) is 0. The van der Waals surface area contributed by atoms with Gasteiger partial charge >= 0.3 is 5.63 Å². The summed E-state index contributed by atoms with van der Waals surface area (Å²) in [5.41, 5.74) is -0.132. The Morgan fingerprint density at radius 1 is 1.42 bits per heavy atom. The Balaban J connectivity index is 1.66. The maximum Gasteiger partial charge on any atom is 0.335 e. The minimum Gasteiger partial charge on any atom is -0.430 e. The molecule has 0 bridgehead atoms. The minimum absolute atomic E-state index is 0.266. The molecule has 104 valence electrons. The van der Waals surface area contributed by atoms with Crippen LogP contribution in [0.1, 0.15) is 23.2 Å². The largest absolute Gasteiger partial charge is 0.430 e. The Morgan fingerprint density at radius 3 is 2.89 bits per heavy atom. The van der Waals surface area contributed by atoms with Gasteiger partial charge < -0.3 is 19.8 Å². The van der Waals surface area contributed by atoms with Gasteiger partial charge in [0.1, 0.15) is 6.26 Å². The molecule has 2 heterocycles. The number of carbonyl (C=O) groups excluding carboxylic acids is 1. The van der Waals surface area contributed by atoms with Gasteiger partial charge in [0.05, 0.1) is 18.3 Å². The van der Waals surface area contributed by atoms with E-state index in [-0.39, 0.29) is 12.0 Å². The molecule has 2 N–H and O–H groups in total. The first-order valence-electron chi connectivity index (χ1n) is 6.45. The molecule has 1 aromatic heterocycles. The first-order chi connectivity index (χ1) is 9.25. The Kier molecular flexibility index (Phi) is 5.11. The van der Waals surface area contributed by atoms with Crippen molar-refractivity contribution in [1.29, 1.82) is 0 Å². The molecule has 0 saturated carbocycles. The van der Waals surface area contributed by atoms with Crippen molar-refractivity contribution < 1.29 is 13.9 Å². The van der Waals surface area contributed by atoms with E-state index in [4.69, 9.17) is 4.74 Å². The maximum atomic E-state index is 11.7. The van der Waals surface area contributed by atoms with Crippen molar-refractivity contribution >= 4 is 5.91 Å². The highest BCUT2D eigenvalue weighted by molar-refractivity contribution is 5.93. The van der Waals surface area contributed by atoms with E-state index in [1.165, 1.54) is 12.1 Å².